The van der Waals surface area contributed by atoms with Gasteiger partial charge in [0.05, 0.1) is 17.8 Å². The van der Waals surface area contributed by atoms with Crippen LogP contribution in [-0.2, 0) is 24.6 Å². The van der Waals surface area contributed by atoms with Gasteiger partial charge in [0.1, 0.15) is 17.5 Å². The molecule has 0 radical (unpaired) electrons. The van der Waals surface area contributed by atoms with Gasteiger partial charge in [0.25, 0.3) is 0 Å². The van der Waals surface area contributed by atoms with Crippen LogP contribution in [0.3, 0.4) is 0 Å². The maximum Gasteiger partial charge on any atom is 0.301 e. The number of piperazine rings is 1. The maximum atomic E-state index is 15.6. The third-order valence-electron chi connectivity index (χ3n) is 11.8. The molecule has 4 aromatic heterocycles. The normalized spacial score (nSPS) is 17.9. The maximum absolute atomic E-state index is 15.6. The lowest BCUT2D eigenvalue weighted by molar-refractivity contribution is -0.134. The highest BCUT2D eigenvalue weighted by molar-refractivity contribution is 7.90. The van der Waals surface area contributed by atoms with E-state index < -0.39 is 44.9 Å². The highest BCUT2D eigenvalue weighted by Gasteiger charge is 2.30. The lowest BCUT2D eigenvalue weighted by Crippen LogP contribution is -2.52. The van der Waals surface area contributed by atoms with Crippen LogP contribution < -0.4 is 20.3 Å². The van der Waals surface area contributed by atoms with Crippen LogP contribution in [0.1, 0.15) is 60.1 Å². The topological polar surface area (TPSA) is 219 Å². The summed E-state index contributed by atoms with van der Waals surface area (Å²) >= 11 is 0. The largest absolute Gasteiger partial charge is 0.374 e. The van der Waals surface area contributed by atoms with Crippen molar-refractivity contribution in [1.29, 1.82) is 0 Å². The summed E-state index contributed by atoms with van der Waals surface area (Å²) < 4.78 is 58.7. The van der Waals surface area contributed by atoms with Gasteiger partial charge in [0.2, 0.25) is 29.5 Å². The van der Waals surface area contributed by atoms with Crippen molar-refractivity contribution >= 4 is 62.1 Å². The molecule has 0 spiro atoms. The number of hydrogen-bond donors (Lipinski definition) is 4. The van der Waals surface area contributed by atoms with Crippen molar-refractivity contribution < 1.29 is 36.4 Å². The second kappa shape index (κ2) is 18.1. The molecule has 21 heteroatoms. The minimum atomic E-state index is -4.15. The van der Waals surface area contributed by atoms with E-state index in [2.05, 4.69) is 45.2 Å². The summed E-state index contributed by atoms with van der Waals surface area (Å²) in [6.07, 6.45) is 10.2. The number of imide groups is 1. The number of anilines is 3. The fourth-order valence-corrected chi connectivity index (χ4v) is 8.90. The van der Waals surface area contributed by atoms with Crippen LogP contribution in [0.5, 0.6) is 0 Å². The van der Waals surface area contributed by atoms with Crippen LogP contribution in [0.25, 0.3) is 22.2 Å². The smallest absolute Gasteiger partial charge is 0.301 e. The molecule has 7 heterocycles. The Hall–Kier alpha value is -6.45. The molecule has 3 aliphatic rings. The van der Waals surface area contributed by atoms with E-state index in [1.54, 1.807) is 37.8 Å². The lowest BCUT2D eigenvalue weighted by atomic mass is 9.92. The lowest BCUT2D eigenvalue weighted by Gasteiger charge is -2.37. The zero-order valence-corrected chi connectivity index (χ0v) is 35.4. The van der Waals surface area contributed by atoms with E-state index in [0.29, 0.717) is 68.3 Å². The molecular weight excluding hydrogens is 839 g/mol. The van der Waals surface area contributed by atoms with E-state index in [-0.39, 0.29) is 41.1 Å². The van der Waals surface area contributed by atoms with Gasteiger partial charge in [-0.25, -0.2) is 23.7 Å². The molecule has 0 bridgehead atoms. The predicted octanol–water partition coefficient (Wildman–Crippen LogP) is 3.28. The van der Waals surface area contributed by atoms with Gasteiger partial charge in [0, 0.05) is 117 Å². The van der Waals surface area contributed by atoms with Gasteiger partial charge in [-0.15, -0.1) is 0 Å². The van der Waals surface area contributed by atoms with Crippen molar-refractivity contribution in [3.63, 3.8) is 0 Å². The number of nitrogens with zero attached hydrogens (tertiary/aromatic N) is 8. The van der Waals surface area contributed by atoms with Crippen molar-refractivity contribution in [3.05, 3.63) is 89.8 Å². The number of aromatic nitrogens is 5. The Bertz CT molecular complexity index is 2670. The molecule has 63 heavy (non-hydrogen) atoms. The molecule has 3 aliphatic heterocycles. The third kappa shape index (κ3) is 9.35. The number of hydrogen-bond acceptors (Lipinski definition) is 13. The summed E-state index contributed by atoms with van der Waals surface area (Å²) in [5.41, 5.74) is 1.57. The van der Waals surface area contributed by atoms with E-state index in [1.165, 1.54) is 13.2 Å². The summed E-state index contributed by atoms with van der Waals surface area (Å²) in [5, 5.41) is 5.88. The predicted molar refractivity (Wildman–Crippen MR) is 229 cm³/mol. The van der Waals surface area contributed by atoms with Crippen molar-refractivity contribution in [2.45, 2.75) is 44.6 Å². The molecule has 0 aliphatic carbocycles. The first-order valence-electron chi connectivity index (χ1n) is 20.7. The number of amides is 3. The number of fused-ring (bicyclic) bond motifs is 1. The fraction of sp³-hybridized carbons (Fsp3) is 0.381. The molecule has 330 valence electrons. The standard InChI is InChI=1S/C42H46F2N12O6S/c1-3-53(2)63(61,62)52-32-5-4-31(43)37(38(32)44)39(59)30-23-47-40-29(30)18-26(20-46-40)27-21-48-42(49-22-27)56-16-14-55(15-17-56)36(58)24-54-12-9-25(10-13-54)34-19-28(8-11-45-34)50-33-6-7-35(57)51-41(33)60/h4-5,8,11,18-23,25,33,52H,3,6-7,9-10,12-17,24H2,1-2H3,(H,45,50)(H,46,47)(H,51,57,60). The second-order valence-corrected chi connectivity index (χ2v) is 17.5. The molecule has 1 unspecified atom stereocenters. The summed E-state index contributed by atoms with van der Waals surface area (Å²) in [5.74, 6) is -3.32. The van der Waals surface area contributed by atoms with E-state index in [0.717, 1.165) is 53.8 Å². The van der Waals surface area contributed by atoms with Gasteiger partial charge in [0.15, 0.2) is 5.82 Å². The average Bonchev–Trinajstić information content (AvgIpc) is 3.72. The number of benzene rings is 1. The molecule has 3 amide bonds. The summed E-state index contributed by atoms with van der Waals surface area (Å²) in [6.45, 7) is 5.60. The number of ketones is 1. The van der Waals surface area contributed by atoms with Crippen LogP contribution in [0.2, 0.25) is 0 Å². The van der Waals surface area contributed by atoms with E-state index in [4.69, 9.17) is 0 Å². The first-order chi connectivity index (χ1) is 30.3. The number of pyridine rings is 2. The van der Waals surface area contributed by atoms with Crippen LogP contribution in [0.4, 0.5) is 26.1 Å². The molecule has 8 rings (SSSR count). The quantitative estimate of drug-likeness (QED) is 0.0988. The number of nitrogens with one attached hydrogen (secondary N) is 4. The van der Waals surface area contributed by atoms with E-state index in [9.17, 15) is 27.6 Å². The molecule has 0 saturated carbocycles. The van der Waals surface area contributed by atoms with Crippen LogP contribution in [-0.4, -0.2) is 136 Å². The summed E-state index contributed by atoms with van der Waals surface area (Å²) in [7, 11) is -2.86. The number of rotatable bonds is 13. The Morgan fingerprint density at radius 3 is 2.37 bits per heavy atom. The highest BCUT2D eigenvalue weighted by atomic mass is 32.2. The van der Waals surface area contributed by atoms with Crippen LogP contribution in [0, 0.1) is 11.6 Å². The fourth-order valence-electron chi connectivity index (χ4n) is 7.97. The van der Waals surface area contributed by atoms with Crippen LogP contribution >= 0.6 is 0 Å². The van der Waals surface area contributed by atoms with Crippen LogP contribution in [0.15, 0.2) is 61.3 Å². The summed E-state index contributed by atoms with van der Waals surface area (Å²) in [4.78, 5) is 77.7. The number of H-pyrrole nitrogens is 1. The van der Waals surface area contributed by atoms with E-state index in [1.807, 2.05) is 21.9 Å². The second-order valence-electron chi connectivity index (χ2n) is 15.8. The number of aromatic amines is 1. The van der Waals surface area contributed by atoms with Crippen molar-refractivity contribution in [3.8, 4) is 11.1 Å². The molecule has 3 saturated heterocycles. The van der Waals surface area contributed by atoms with Gasteiger partial charge in [-0.05, 0) is 62.7 Å². The zero-order chi connectivity index (χ0) is 44.4. The Morgan fingerprint density at radius 2 is 1.65 bits per heavy atom. The minimum Gasteiger partial charge on any atom is -0.374 e. The van der Waals surface area contributed by atoms with Gasteiger partial charge >= 0.3 is 10.2 Å². The zero-order valence-electron chi connectivity index (χ0n) is 34.6. The molecule has 4 N–H and O–H groups in total. The SMILES string of the molecule is CCN(C)S(=O)(=O)Nc1ccc(F)c(C(=O)c2c[nH]c3ncc(-c4cnc(N5CCN(C(=O)CN6CCC(c7cc(NC8CCC(=O)NC8=O)ccn7)CC6)CC5)nc4)cc23)c1F. The van der Waals surface area contributed by atoms with Gasteiger partial charge in [-0.3, -0.25) is 39.1 Å². The first kappa shape index (κ1) is 43.2. The molecule has 3 fully saturated rings. The van der Waals surface area contributed by atoms with Crippen molar-refractivity contribution in [2.24, 2.45) is 0 Å². The highest BCUT2D eigenvalue weighted by Crippen LogP contribution is 2.31. The van der Waals surface area contributed by atoms with Gasteiger partial charge < -0.3 is 20.1 Å². The summed E-state index contributed by atoms with van der Waals surface area (Å²) in [6, 6.07) is 6.70. The monoisotopic (exact) mass is 884 g/mol. The van der Waals surface area contributed by atoms with Gasteiger partial charge in [-0.1, -0.05) is 6.92 Å². The Balaban J connectivity index is 0.844. The van der Waals surface area contributed by atoms with Crippen molar-refractivity contribution in [2.75, 3.05) is 74.3 Å². The number of halogens is 2. The van der Waals surface area contributed by atoms with Gasteiger partial charge in [-0.2, -0.15) is 12.7 Å². The Labute approximate surface area is 361 Å². The number of carbonyl (C=O) groups is 4. The molecular formula is C42H46F2N12O6S. The number of carbonyl (C=O) groups excluding carboxylic acids is 4. The minimum absolute atomic E-state index is 0.0611. The molecule has 1 aromatic carbocycles. The third-order valence-corrected chi connectivity index (χ3v) is 13.4. The Kier molecular flexibility index (Phi) is 12.4. The molecule has 1 atom stereocenters. The Morgan fingerprint density at radius 1 is 0.921 bits per heavy atom. The molecule has 18 nitrogen and oxygen atoms in total. The number of likely N-dealkylation sites (tertiary alicyclic amines) is 1. The van der Waals surface area contributed by atoms with E-state index >= 15 is 8.78 Å². The van der Waals surface area contributed by atoms with Crippen molar-refractivity contribution in [1.82, 2.24) is 44.3 Å². The average molecular weight is 885 g/mol. The number of piperidine rings is 2. The molecule has 5 aromatic rings. The first-order valence-corrected chi connectivity index (χ1v) is 22.1.